The number of nitrogens with zero attached hydrogens (tertiary/aromatic N) is 4. The summed E-state index contributed by atoms with van der Waals surface area (Å²) in [6, 6.07) is 19.1. The van der Waals surface area contributed by atoms with Gasteiger partial charge in [-0.3, -0.25) is 35.0 Å². The summed E-state index contributed by atoms with van der Waals surface area (Å²) in [4.78, 5) is 31.6. The Morgan fingerprint density at radius 1 is 0.921 bits per heavy atom. The minimum atomic E-state index is -4.40. The molecule has 192 valence electrons. The average molecular weight is 533 g/mol. The topological polar surface area (TPSA) is 166 Å². The fourth-order valence-electron chi connectivity index (χ4n) is 3.33. The van der Waals surface area contributed by atoms with Crippen LogP contribution in [-0.2, 0) is 10.0 Å². The summed E-state index contributed by atoms with van der Waals surface area (Å²) in [5, 5.41) is 15.6. The number of carbonyl (C=O) groups is 1. The molecule has 0 unspecified atom stereocenters. The number of nitro benzene ring substituents is 1. The number of rotatable bonds is 10. The number of nitro groups is 1. The molecule has 0 aliphatic carbocycles. The molecule has 0 radical (unpaired) electrons. The number of ether oxygens (including phenoxy) is 1. The van der Waals surface area contributed by atoms with Crippen molar-refractivity contribution in [3.8, 4) is 5.75 Å². The highest BCUT2D eigenvalue weighted by molar-refractivity contribution is 7.93. The van der Waals surface area contributed by atoms with Crippen LogP contribution in [0.15, 0.2) is 101 Å². The standard InChI is InChI=1S/C25H20N6O6S/c1-37-22-11-3-2-8-18(22)30-38(35,36)23-16-17(31(33)34)12-13-19(23)28-29-24(20-9-4-6-14-26-20)25(32)21-10-5-7-15-27-21/h2-16,28,30H,1H3. The van der Waals surface area contributed by atoms with Crippen molar-refractivity contribution in [3.63, 3.8) is 0 Å². The summed E-state index contributed by atoms with van der Waals surface area (Å²) in [6.45, 7) is 0. The summed E-state index contributed by atoms with van der Waals surface area (Å²) in [5.74, 6) is -0.331. The van der Waals surface area contributed by atoms with E-state index in [1.54, 1.807) is 48.5 Å². The van der Waals surface area contributed by atoms with Gasteiger partial charge in [0.1, 0.15) is 16.3 Å². The molecule has 0 saturated heterocycles. The largest absolute Gasteiger partial charge is 0.495 e. The summed E-state index contributed by atoms with van der Waals surface area (Å²) in [6.07, 6.45) is 2.91. The number of hydrogen-bond acceptors (Lipinski definition) is 10. The maximum absolute atomic E-state index is 13.4. The third kappa shape index (κ3) is 5.79. The van der Waals surface area contributed by atoms with E-state index in [1.165, 1.54) is 37.7 Å². The van der Waals surface area contributed by atoms with Gasteiger partial charge >= 0.3 is 0 Å². The van der Waals surface area contributed by atoms with Gasteiger partial charge in [0.15, 0.2) is 5.71 Å². The molecule has 0 amide bonds. The molecule has 0 bridgehead atoms. The molecule has 0 aliphatic rings. The van der Waals surface area contributed by atoms with Crippen LogP contribution in [0, 0.1) is 10.1 Å². The van der Waals surface area contributed by atoms with Gasteiger partial charge in [-0.15, -0.1) is 0 Å². The summed E-state index contributed by atoms with van der Waals surface area (Å²) >= 11 is 0. The number of non-ortho nitro benzene ring substituents is 1. The highest BCUT2D eigenvalue weighted by Crippen LogP contribution is 2.31. The van der Waals surface area contributed by atoms with Gasteiger partial charge in [0, 0.05) is 24.5 Å². The molecular formula is C25H20N6O6S. The van der Waals surface area contributed by atoms with Crippen LogP contribution in [0.3, 0.4) is 0 Å². The second-order valence-corrected chi connectivity index (χ2v) is 9.23. The lowest BCUT2D eigenvalue weighted by Crippen LogP contribution is -2.20. The Labute approximate surface area is 217 Å². The number of hydrazone groups is 1. The van der Waals surface area contributed by atoms with Crippen LogP contribution in [0.25, 0.3) is 0 Å². The smallest absolute Gasteiger partial charge is 0.270 e. The molecule has 2 aromatic carbocycles. The minimum absolute atomic E-state index is 0.0908. The fraction of sp³-hybridized carbons (Fsp3) is 0.0400. The number of aromatic nitrogens is 2. The molecule has 0 atom stereocenters. The lowest BCUT2D eigenvalue weighted by atomic mass is 10.1. The van der Waals surface area contributed by atoms with Crippen LogP contribution in [0.2, 0.25) is 0 Å². The van der Waals surface area contributed by atoms with Gasteiger partial charge in [-0.25, -0.2) is 8.42 Å². The average Bonchev–Trinajstić information content (AvgIpc) is 2.94. The zero-order valence-corrected chi connectivity index (χ0v) is 20.6. The monoisotopic (exact) mass is 532 g/mol. The van der Waals surface area contributed by atoms with Crippen molar-refractivity contribution in [3.05, 3.63) is 113 Å². The summed E-state index contributed by atoms with van der Waals surface area (Å²) in [5.41, 5.74) is 2.25. The molecular weight excluding hydrogens is 512 g/mol. The molecule has 0 saturated carbocycles. The maximum atomic E-state index is 13.4. The van der Waals surface area contributed by atoms with E-state index >= 15 is 0 Å². The molecule has 0 aliphatic heterocycles. The van der Waals surface area contributed by atoms with Crippen LogP contribution in [0.4, 0.5) is 17.1 Å². The Morgan fingerprint density at radius 2 is 1.58 bits per heavy atom. The number of anilines is 2. The van der Waals surface area contributed by atoms with Crippen molar-refractivity contribution >= 4 is 38.6 Å². The normalized spacial score (nSPS) is 11.4. The van der Waals surface area contributed by atoms with Crippen LogP contribution < -0.4 is 14.9 Å². The predicted molar refractivity (Wildman–Crippen MR) is 140 cm³/mol. The number of ketones is 1. The molecule has 2 aromatic heterocycles. The second-order valence-electron chi connectivity index (χ2n) is 7.57. The van der Waals surface area contributed by atoms with Crippen LogP contribution >= 0.6 is 0 Å². The van der Waals surface area contributed by atoms with Crippen molar-refractivity contribution in [1.82, 2.24) is 9.97 Å². The number of nitrogens with one attached hydrogen (secondary N) is 2. The molecule has 4 rings (SSSR count). The number of para-hydroxylation sites is 2. The number of pyridine rings is 2. The van der Waals surface area contributed by atoms with Crippen molar-refractivity contribution in [2.45, 2.75) is 4.90 Å². The zero-order chi connectivity index (χ0) is 27.1. The van der Waals surface area contributed by atoms with Gasteiger partial charge in [-0.2, -0.15) is 5.10 Å². The van der Waals surface area contributed by atoms with Crippen LogP contribution in [-0.4, -0.2) is 41.9 Å². The van der Waals surface area contributed by atoms with Gasteiger partial charge < -0.3 is 4.74 Å². The first-order chi connectivity index (χ1) is 18.3. The van der Waals surface area contributed by atoms with Crippen molar-refractivity contribution in [1.29, 1.82) is 0 Å². The Hall–Kier alpha value is -5.17. The first-order valence-electron chi connectivity index (χ1n) is 11.0. The maximum Gasteiger partial charge on any atom is 0.270 e. The van der Waals surface area contributed by atoms with Crippen LogP contribution in [0.1, 0.15) is 16.2 Å². The van der Waals surface area contributed by atoms with Crippen LogP contribution in [0.5, 0.6) is 5.75 Å². The van der Waals surface area contributed by atoms with E-state index in [0.29, 0.717) is 0 Å². The minimum Gasteiger partial charge on any atom is -0.495 e. The molecule has 38 heavy (non-hydrogen) atoms. The van der Waals surface area contributed by atoms with E-state index in [-0.39, 0.29) is 34.2 Å². The third-order valence-electron chi connectivity index (χ3n) is 5.13. The molecule has 0 spiro atoms. The van der Waals surface area contributed by atoms with E-state index in [9.17, 15) is 23.3 Å². The molecule has 0 fully saturated rings. The highest BCUT2D eigenvalue weighted by Gasteiger charge is 2.25. The van der Waals surface area contributed by atoms with Crippen molar-refractivity contribution < 1.29 is 22.9 Å². The number of hydrogen-bond donors (Lipinski definition) is 2. The number of methoxy groups -OCH3 is 1. The lowest BCUT2D eigenvalue weighted by Gasteiger charge is -2.14. The van der Waals surface area contributed by atoms with E-state index in [2.05, 4.69) is 25.2 Å². The molecule has 4 aromatic rings. The lowest BCUT2D eigenvalue weighted by molar-refractivity contribution is -0.385. The van der Waals surface area contributed by atoms with Gasteiger partial charge in [0.05, 0.1) is 29.1 Å². The Balaban J connectivity index is 1.78. The fourth-order valence-corrected chi connectivity index (χ4v) is 4.58. The quantitative estimate of drug-likeness (QED) is 0.133. The van der Waals surface area contributed by atoms with E-state index < -0.39 is 31.3 Å². The van der Waals surface area contributed by atoms with E-state index in [0.717, 1.165) is 12.1 Å². The van der Waals surface area contributed by atoms with E-state index in [1.807, 2.05) is 0 Å². The first kappa shape index (κ1) is 25.9. The predicted octanol–water partition coefficient (Wildman–Crippen LogP) is 3.89. The van der Waals surface area contributed by atoms with Gasteiger partial charge in [0.25, 0.3) is 15.7 Å². The van der Waals surface area contributed by atoms with Gasteiger partial charge in [0.2, 0.25) is 5.78 Å². The van der Waals surface area contributed by atoms with Crippen molar-refractivity contribution in [2.24, 2.45) is 5.10 Å². The highest BCUT2D eigenvalue weighted by atomic mass is 32.2. The number of Topliss-reactive ketones (excluding diaryl/α,β-unsaturated/α-hetero) is 1. The third-order valence-corrected chi connectivity index (χ3v) is 6.53. The molecule has 12 nitrogen and oxygen atoms in total. The van der Waals surface area contributed by atoms with Crippen molar-refractivity contribution in [2.75, 3.05) is 17.3 Å². The summed E-state index contributed by atoms with van der Waals surface area (Å²) < 4.78 is 34.3. The number of sulfonamides is 1. The summed E-state index contributed by atoms with van der Waals surface area (Å²) in [7, 11) is -3.02. The number of carbonyl (C=O) groups excluding carboxylic acids is 1. The van der Waals surface area contributed by atoms with Gasteiger partial charge in [-0.05, 0) is 42.5 Å². The Morgan fingerprint density at radius 3 is 2.21 bits per heavy atom. The molecule has 13 heteroatoms. The second kappa shape index (κ2) is 11.3. The first-order valence-corrected chi connectivity index (χ1v) is 12.4. The van der Waals surface area contributed by atoms with E-state index in [4.69, 9.17) is 4.74 Å². The Kier molecular flexibility index (Phi) is 7.68. The Bertz CT molecular complexity index is 1610. The van der Waals surface area contributed by atoms with Gasteiger partial charge in [-0.1, -0.05) is 24.3 Å². The molecule has 2 N–H and O–H groups in total. The number of benzene rings is 2. The zero-order valence-electron chi connectivity index (χ0n) is 19.8. The SMILES string of the molecule is COc1ccccc1NS(=O)(=O)c1cc([N+](=O)[O-])ccc1NN=C(C(=O)c1ccccn1)c1ccccn1. The molecule has 2 heterocycles.